The largest absolute Gasteiger partial charge is 0.316 e. The normalized spacial score (nSPS) is 24.6. The molecule has 1 aromatic heterocycles. The number of aromatic nitrogens is 2. The number of piperidine rings is 1. The van der Waals surface area contributed by atoms with E-state index in [4.69, 9.17) is 5.10 Å². The van der Waals surface area contributed by atoms with Crippen LogP contribution in [0.5, 0.6) is 0 Å². The molecular formula is C14H23N3. The van der Waals surface area contributed by atoms with Gasteiger partial charge in [0, 0.05) is 24.7 Å². The maximum Gasteiger partial charge on any atom is 0.0703 e. The van der Waals surface area contributed by atoms with Crippen LogP contribution in [0.4, 0.5) is 0 Å². The van der Waals surface area contributed by atoms with Crippen LogP contribution in [0.1, 0.15) is 55.5 Å². The molecule has 1 atom stereocenters. The van der Waals surface area contributed by atoms with Gasteiger partial charge in [0.1, 0.15) is 0 Å². The fourth-order valence-electron chi connectivity index (χ4n) is 3.38. The lowest BCUT2D eigenvalue weighted by molar-refractivity contribution is 0.447. The van der Waals surface area contributed by atoms with Crippen molar-refractivity contribution < 1.29 is 0 Å². The molecule has 1 aliphatic heterocycles. The van der Waals surface area contributed by atoms with E-state index in [1.54, 1.807) is 11.3 Å². The summed E-state index contributed by atoms with van der Waals surface area (Å²) in [4.78, 5) is 0. The Labute approximate surface area is 104 Å². The van der Waals surface area contributed by atoms with Gasteiger partial charge in [-0.05, 0) is 57.6 Å². The summed E-state index contributed by atoms with van der Waals surface area (Å²) in [6.45, 7) is 5.56. The number of aryl methyl sites for hydroxylation is 1. The summed E-state index contributed by atoms with van der Waals surface area (Å²) in [5.74, 6) is 0.670. The molecule has 94 valence electrons. The maximum atomic E-state index is 4.91. The Morgan fingerprint density at radius 2 is 2.18 bits per heavy atom. The number of rotatable bonds is 2. The van der Waals surface area contributed by atoms with E-state index < -0.39 is 0 Å². The second-order valence-corrected chi connectivity index (χ2v) is 5.38. The summed E-state index contributed by atoms with van der Waals surface area (Å²) in [7, 11) is 0. The molecule has 3 heteroatoms. The lowest BCUT2D eigenvalue weighted by Gasteiger charge is -2.23. The van der Waals surface area contributed by atoms with Crippen molar-refractivity contribution in [2.24, 2.45) is 0 Å². The van der Waals surface area contributed by atoms with E-state index in [0.29, 0.717) is 5.92 Å². The topological polar surface area (TPSA) is 29.9 Å². The molecule has 0 aromatic carbocycles. The molecule has 17 heavy (non-hydrogen) atoms. The van der Waals surface area contributed by atoms with E-state index in [1.807, 2.05) is 0 Å². The molecule has 0 radical (unpaired) electrons. The summed E-state index contributed by atoms with van der Waals surface area (Å²) >= 11 is 0. The molecule has 1 aliphatic carbocycles. The Hall–Kier alpha value is -0.830. The van der Waals surface area contributed by atoms with Crippen LogP contribution in [0.3, 0.4) is 0 Å². The lowest BCUT2D eigenvalue weighted by atomic mass is 9.88. The summed E-state index contributed by atoms with van der Waals surface area (Å²) in [5.41, 5.74) is 4.57. The second kappa shape index (κ2) is 4.81. The van der Waals surface area contributed by atoms with E-state index in [0.717, 1.165) is 13.1 Å². The van der Waals surface area contributed by atoms with E-state index >= 15 is 0 Å². The van der Waals surface area contributed by atoms with Crippen LogP contribution in [-0.2, 0) is 19.4 Å². The third-order valence-corrected chi connectivity index (χ3v) is 4.27. The van der Waals surface area contributed by atoms with Crippen LogP contribution in [0.15, 0.2) is 0 Å². The van der Waals surface area contributed by atoms with Gasteiger partial charge >= 0.3 is 0 Å². The van der Waals surface area contributed by atoms with Gasteiger partial charge in [-0.3, -0.25) is 4.68 Å². The van der Waals surface area contributed by atoms with Crippen LogP contribution in [-0.4, -0.2) is 22.9 Å². The maximum absolute atomic E-state index is 4.91. The van der Waals surface area contributed by atoms with Crippen molar-refractivity contribution in [1.82, 2.24) is 15.1 Å². The summed E-state index contributed by atoms with van der Waals surface area (Å²) < 4.78 is 2.26. The van der Waals surface area contributed by atoms with Crippen LogP contribution < -0.4 is 5.32 Å². The van der Waals surface area contributed by atoms with Crippen molar-refractivity contribution in [3.05, 3.63) is 17.0 Å². The van der Waals surface area contributed by atoms with Crippen LogP contribution >= 0.6 is 0 Å². The third kappa shape index (κ3) is 2.01. The van der Waals surface area contributed by atoms with Gasteiger partial charge in [-0.25, -0.2) is 0 Å². The van der Waals surface area contributed by atoms with Crippen molar-refractivity contribution in [3.8, 4) is 0 Å². The molecule has 0 saturated carbocycles. The highest BCUT2D eigenvalue weighted by molar-refractivity contribution is 5.31. The van der Waals surface area contributed by atoms with Gasteiger partial charge in [-0.2, -0.15) is 5.10 Å². The molecule has 1 saturated heterocycles. The van der Waals surface area contributed by atoms with Crippen molar-refractivity contribution in [2.75, 3.05) is 13.1 Å². The summed E-state index contributed by atoms with van der Waals surface area (Å²) in [5, 5.41) is 8.43. The molecule has 0 amide bonds. The van der Waals surface area contributed by atoms with Crippen molar-refractivity contribution in [2.45, 2.75) is 57.9 Å². The average molecular weight is 233 g/mol. The highest BCUT2D eigenvalue weighted by Crippen LogP contribution is 2.31. The van der Waals surface area contributed by atoms with Crippen LogP contribution in [0.2, 0.25) is 0 Å². The first-order chi connectivity index (χ1) is 8.40. The molecule has 0 unspecified atom stereocenters. The van der Waals surface area contributed by atoms with Gasteiger partial charge in [-0.1, -0.05) is 0 Å². The van der Waals surface area contributed by atoms with Crippen molar-refractivity contribution in [1.29, 1.82) is 0 Å². The molecule has 2 aliphatic rings. The number of hydrogen-bond donors (Lipinski definition) is 1. The van der Waals surface area contributed by atoms with Crippen LogP contribution in [0.25, 0.3) is 0 Å². The molecule has 0 bridgehead atoms. The zero-order chi connectivity index (χ0) is 11.7. The molecule has 3 nitrogen and oxygen atoms in total. The van der Waals surface area contributed by atoms with Gasteiger partial charge in [0.2, 0.25) is 0 Å². The number of nitrogens with one attached hydrogen (secondary N) is 1. The summed E-state index contributed by atoms with van der Waals surface area (Å²) in [6.07, 6.45) is 7.84. The smallest absolute Gasteiger partial charge is 0.0703 e. The Morgan fingerprint density at radius 3 is 2.94 bits per heavy atom. The Kier molecular flexibility index (Phi) is 3.19. The number of fused-ring (bicyclic) bond motifs is 1. The first kappa shape index (κ1) is 11.3. The van der Waals surface area contributed by atoms with Crippen LogP contribution in [0, 0.1) is 0 Å². The van der Waals surface area contributed by atoms with E-state index in [-0.39, 0.29) is 0 Å². The SMILES string of the molecule is CCn1nc([C@@H]2CCCNC2)c2c1CCCC2. The van der Waals surface area contributed by atoms with Gasteiger partial charge in [0.15, 0.2) is 0 Å². The highest BCUT2D eigenvalue weighted by atomic mass is 15.3. The van der Waals surface area contributed by atoms with E-state index in [9.17, 15) is 0 Å². The predicted molar refractivity (Wildman–Crippen MR) is 69.4 cm³/mol. The predicted octanol–water partition coefficient (Wildman–Crippen LogP) is 2.25. The zero-order valence-electron chi connectivity index (χ0n) is 10.8. The monoisotopic (exact) mass is 233 g/mol. The quantitative estimate of drug-likeness (QED) is 0.849. The standard InChI is InChI=1S/C14H23N3/c1-2-17-13-8-4-3-7-12(13)14(16-17)11-6-5-9-15-10-11/h11,15H,2-10H2,1H3/t11-/m1/s1. The van der Waals surface area contributed by atoms with Gasteiger partial charge < -0.3 is 5.32 Å². The minimum absolute atomic E-state index is 0.670. The number of nitrogens with zero attached hydrogens (tertiary/aromatic N) is 2. The molecule has 1 N–H and O–H groups in total. The minimum Gasteiger partial charge on any atom is -0.316 e. The molecule has 2 heterocycles. The second-order valence-electron chi connectivity index (χ2n) is 5.38. The molecule has 1 aromatic rings. The first-order valence-corrected chi connectivity index (χ1v) is 7.19. The zero-order valence-corrected chi connectivity index (χ0v) is 10.8. The fraction of sp³-hybridized carbons (Fsp3) is 0.786. The van der Waals surface area contributed by atoms with Gasteiger partial charge in [-0.15, -0.1) is 0 Å². The molecule has 1 fully saturated rings. The van der Waals surface area contributed by atoms with Crippen molar-refractivity contribution >= 4 is 0 Å². The van der Waals surface area contributed by atoms with E-state index in [2.05, 4.69) is 16.9 Å². The van der Waals surface area contributed by atoms with Crippen molar-refractivity contribution in [3.63, 3.8) is 0 Å². The summed E-state index contributed by atoms with van der Waals surface area (Å²) in [6, 6.07) is 0. The van der Waals surface area contributed by atoms with Gasteiger partial charge in [0.25, 0.3) is 0 Å². The number of hydrogen-bond acceptors (Lipinski definition) is 2. The highest BCUT2D eigenvalue weighted by Gasteiger charge is 2.26. The average Bonchev–Trinajstić information content (AvgIpc) is 2.78. The minimum atomic E-state index is 0.670. The lowest BCUT2D eigenvalue weighted by Crippen LogP contribution is -2.29. The molecular weight excluding hydrogens is 210 g/mol. The van der Waals surface area contributed by atoms with Gasteiger partial charge in [0.05, 0.1) is 5.69 Å². The molecule has 0 spiro atoms. The fourth-order valence-corrected chi connectivity index (χ4v) is 3.38. The third-order valence-electron chi connectivity index (χ3n) is 4.27. The Balaban J connectivity index is 1.95. The molecule has 3 rings (SSSR count). The Morgan fingerprint density at radius 1 is 1.29 bits per heavy atom. The first-order valence-electron chi connectivity index (χ1n) is 7.19. The Bertz CT molecular complexity index is 388. The van der Waals surface area contributed by atoms with E-state index in [1.165, 1.54) is 50.8 Å².